The van der Waals surface area contributed by atoms with Crippen molar-refractivity contribution in [3.63, 3.8) is 0 Å². The highest BCUT2D eigenvalue weighted by Gasteiger charge is 2.16. The number of hydrogen-bond donors (Lipinski definition) is 1. The van der Waals surface area contributed by atoms with E-state index in [-0.39, 0.29) is 17.9 Å². The van der Waals surface area contributed by atoms with Gasteiger partial charge in [0.1, 0.15) is 11.8 Å². The second-order valence-electron chi connectivity index (χ2n) is 6.53. The second kappa shape index (κ2) is 9.47. The van der Waals surface area contributed by atoms with Crippen LogP contribution in [0, 0.1) is 11.3 Å². The molecule has 1 N–H and O–H groups in total. The Morgan fingerprint density at radius 2 is 1.90 bits per heavy atom. The largest absolute Gasteiger partial charge is 0.479 e. The van der Waals surface area contributed by atoms with Gasteiger partial charge < -0.3 is 4.74 Å². The standard InChI is InChI=1S/C22H21N5O3/c1-3-13-27-22(29)19-7-5-4-6-18(19)20(26-27)21(28)25-24-15(2)16-8-10-17(11-9-16)30-14-12-23/h4-11H,3,13-14H2,1-2H3,(H,25,28)/b24-15-. The highest BCUT2D eigenvalue weighted by Crippen LogP contribution is 2.14. The van der Waals surface area contributed by atoms with Crippen LogP contribution in [0.3, 0.4) is 0 Å². The smallest absolute Gasteiger partial charge is 0.292 e. The third-order valence-electron chi connectivity index (χ3n) is 4.42. The number of nitrogens with zero attached hydrogens (tertiary/aromatic N) is 4. The molecule has 0 unspecified atom stereocenters. The van der Waals surface area contributed by atoms with Crippen LogP contribution in [0.15, 0.2) is 58.4 Å². The summed E-state index contributed by atoms with van der Waals surface area (Å²) in [4.78, 5) is 25.3. The quantitative estimate of drug-likeness (QED) is 0.482. The van der Waals surface area contributed by atoms with E-state index in [1.165, 1.54) is 4.68 Å². The van der Waals surface area contributed by atoms with E-state index in [2.05, 4.69) is 15.6 Å². The molecule has 30 heavy (non-hydrogen) atoms. The molecular formula is C22H21N5O3. The Labute approximate surface area is 173 Å². The van der Waals surface area contributed by atoms with Crippen molar-refractivity contribution in [3.8, 4) is 11.8 Å². The number of fused-ring (bicyclic) bond motifs is 1. The molecule has 8 nitrogen and oxygen atoms in total. The summed E-state index contributed by atoms with van der Waals surface area (Å²) in [5, 5.41) is 17.9. The monoisotopic (exact) mass is 403 g/mol. The summed E-state index contributed by atoms with van der Waals surface area (Å²) in [6.07, 6.45) is 0.720. The zero-order valence-corrected chi connectivity index (χ0v) is 16.8. The normalized spacial score (nSPS) is 11.2. The van der Waals surface area contributed by atoms with Gasteiger partial charge in [-0.3, -0.25) is 9.59 Å². The van der Waals surface area contributed by atoms with Crippen LogP contribution in [0.1, 0.15) is 36.3 Å². The number of hydrogen-bond acceptors (Lipinski definition) is 6. The van der Waals surface area contributed by atoms with Gasteiger partial charge in [0.2, 0.25) is 0 Å². The van der Waals surface area contributed by atoms with Gasteiger partial charge >= 0.3 is 0 Å². The van der Waals surface area contributed by atoms with Crippen LogP contribution in [0.25, 0.3) is 10.8 Å². The Kier molecular flexibility index (Phi) is 6.55. The van der Waals surface area contributed by atoms with Gasteiger partial charge in [-0.1, -0.05) is 25.1 Å². The molecule has 2 aromatic carbocycles. The summed E-state index contributed by atoms with van der Waals surface area (Å²) in [6, 6.07) is 15.8. The predicted molar refractivity (Wildman–Crippen MR) is 114 cm³/mol. The van der Waals surface area contributed by atoms with Gasteiger partial charge in [0.05, 0.1) is 11.1 Å². The Hall–Kier alpha value is -3.99. The molecule has 0 radical (unpaired) electrons. The number of nitrogens with one attached hydrogen (secondary N) is 1. The number of aryl methyl sites for hydroxylation is 1. The van der Waals surface area contributed by atoms with Gasteiger partial charge in [-0.05, 0) is 49.2 Å². The van der Waals surface area contributed by atoms with Gasteiger partial charge in [-0.15, -0.1) is 0 Å². The number of amides is 1. The summed E-state index contributed by atoms with van der Waals surface area (Å²) < 4.78 is 6.53. The first-order chi connectivity index (χ1) is 14.5. The Bertz CT molecular complexity index is 1190. The first-order valence-electron chi connectivity index (χ1n) is 9.49. The third kappa shape index (κ3) is 4.52. The minimum absolute atomic E-state index is 0.0242. The molecule has 1 amide bonds. The number of rotatable bonds is 7. The molecule has 0 fully saturated rings. The number of nitriles is 1. The van der Waals surface area contributed by atoms with E-state index in [0.29, 0.717) is 28.8 Å². The number of aromatic nitrogens is 2. The molecule has 0 aliphatic heterocycles. The number of ether oxygens (including phenoxy) is 1. The second-order valence-corrected chi connectivity index (χ2v) is 6.53. The molecule has 1 aromatic heterocycles. The van der Waals surface area contributed by atoms with Crippen molar-refractivity contribution in [1.29, 1.82) is 5.26 Å². The highest BCUT2D eigenvalue weighted by atomic mass is 16.5. The Morgan fingerprint density at radius 3 is 2.57 bits per heavy atom. The van der Waals surface area contributed by atoms with Crippen molar-refractivity contribution < 1.29 is 9.53 Å². The van der Waals surface area contributed by atoms with E-state index in [0.717, 1.165) is 12.0 Å². The topological polar surface area (TPSA) is 109 Å². The Morgan fingerprint density at radius 1 is 1.20 bits per heavy atom. The fourth-order valence-corrected chi connectivity index (χ4v) is 2.93. The van der Waals surface area contributed by atoms with Crippen LogP contribution < -0.4 is 15.7 Å². The molecule has 0 bridgehead atoms. The van der Waals surface area contributed by atoms with Gasteiger partial charge in [0.15, 0.2) is 12.3 Å². The molecule has 152 valence electrons. The van der Waals surface area contributed by atoms with Crippen LogP contribution in [0.4, 0.5) is 0 Å². The van der Waals surface area contributed by atoms with Gasteiger partial charge in [0.25, 0.3) is 11.5 Å². The highest BCUT2D eigenvalue weighted by molar-refractivity contribution is 6.06. The summed E-state index contributed by atoms with van der Waals surface area (Å²) in [7, 11) is 0. The molecule has 0 aliphatic carbocycles. The van der Waals surface area contributed by atoms with E-state index < -0.39 is 5.91 Å². The summed E-state index contributed by atoms with van der Waals surface area (Å²) in [5.74, 6) is 0.0790. The van der Waals surface area contributed by atoms with Crippen LogP contribution in [0.2, 0.25) is 0 Å². The molecule has 3 aromatic rings. The molecule has 8 heteroatoms. The van der Waals surface area contributed by atoms with Crippen LogP contribution >= 0.6 is 0 Å². The lowest BCUT2D eigenvalue weighted by atomic mass is 10.1. The zero-order valence-electron chi connectivity index (χ0n) is 16.8. The number of carbonyl (C=O) groups excluding carboxylic acids is 1. The van der Waals surface area contributed by atoms with Gasteiger partial charge in [-0.25, -0.2) is 10.1 Å². The number of carbonyl (C=O) groups is 1. The molecule has 3 rings (SSSR count). The van der Waals surface area contributed by atoms with Crippen molar-refractivity contribution in [2.45, 2.75) is 26.8 Å². The lowest BCUT2D eigenvalue weighted by Gasteiger charge is -2.10. The number of benzene rings is 2. The van der Waals surface area contributed by atoms with Crippen molar-refractivity contribution in [3.05, 3.63) is 70.1 Å². The lowest BCUT2D eigenvalue weighted by Crippen LogP contribution is -2.29. The van der Waals surface area contributed by atoms with E-state index in [4.69, 9.17) is 10.00 Å². The van der Waals surface area contributed by atoms with Crippen molar-refractivity contribution in [1.82, 2.24) is 15.2 Å². The first kappa shape index (κ1) is 20.7. The van der Waals surface area contributed by atoms with E-state index >= 15 is 0 Å². The maximum Gasteiger partial charge on any atom is 0.292 e. The van der Waals surface area contributed by atoms with Crippen molar-refractivity contribution in [2.24, 2.45) is 5.10 Å². The molecule has 0 saturated carbocycles. The summed E-state index contributed by atoms with van der Waals surface area (Å²) in [5.41, 5.74) is 3.82. The zero-order chi connectivity index (χ0) is 21.5. The fourth-order valence-electron chi connectivity index (χ4n) is 2.93. The maximum atomic E-state index is 12.8. The first-order valence-corrected chi connectivity index (χ1v) is 9.49. The predicted octanol–water partition coefficient (Wildman–Crippen LogP) is 2.86. The fraction of sp³-hybridized carbons (Fsp3) is 0.227. The van der Waals surface area contributed by atoms with Gasteiger partial charge in [0, 0.05) is 11.9 Å². The van der Waals surface area contributed by atoms with Crippen molar-refractivity contribution in [2.75, 3.05) is 6.61 Å². The molecular weight excluding hydrogens is 382 g/mol. The SMILES string of the molecule is CCCn1nc(C(=O)N/N=C(/C)c2ccc(OCC#N)cc2)c2ccccc2c1=O. The average Bonchev–Trinajstić information content (AvgIpc) is 2.78. The van der Waals surface area contributed by atoms with E-state index in [1.807, 2.05) is 13.0 Å². The summed E-state index contributed by atoms with van der Waals surface area (Å²) >= 11 is 0. The summed E-state index contributed by atoms with van der Waals surface area (Å²) in [6.45, 7) is 4.10. The average molecular weight is 403 g/mol. The Balaban J connectivity index is 1.85. The van der Waals surface area contributed by atoms with E-state index in [9.17, 15) is 9.59 Å². The molecule has 0 saturated heterocycles. The van der Waals surface area contributed by atoms with E-state index in [1.54, 1.807) is 55.5 Å². The minimum atomic E-state index is -0.496. The number of hydrazone groups is 1. The van der Waals surface area contributed by atoms with Crippen LogP contribution in [-0.2, 0) is 6.54 Å². The maximum absolute atomic E-state index is 12.8. The molecule has 0 atom stereocenters. The molecule has 1 heterocycles. The van der Waals surface area contributed by atoms with Gasteiger partial charge in [-0.2, -0.15) is 15.5 Å². The van der Waals surface area contributed by atoms with Crippen LogP contribution in [-0.4, -0.2) is 28.0 Å². The van der Waals surface area contributed by atoms with Crippen molar-refractivity contribution >= 4 is 22.4 Å². The molecule has 0 aliphatic rings. The minimum Gasteiger partial charge on any atom is -0.479 e. The van der Waals surface area contributed by atoms with Crippen LogP contribution in [0.5, 0.6) is 5.75 Å². The molecule has 0 spiro atoms. The lowest BCUT2D eigenvalue weighted by molar-refractivity contribution is 0.0949. The third-order valence-corrected chi connectivity index (χ3v) is 4.42.